The Kier molecular flexibility index (Phi) is 10.5. The number of ether oxygens (including phenoxy) is 3. The van der Waals surface area contributed by atoms with E-state index in [9.17, 15) is 10.1 Å². The molecule has 1 N–H and O–H groups in total. The molecule has 3 aromatic rings. The lowest BCUT2D eigenvalue weighted by atomic mass is 10.0. The monoisotopic (exact) mass is 530 g/mol. The van der Waals surface area contributed by atoms with Crippen LogP contribution < -0.4 is 10.2 Å². The van der Waals surface area contributed by atoms with Gasteiger partial charge in [0.1, 0.15) is 11.6 Å². The van der Waals surface area contributed by atoms with E-state index < -0.39 is 5.91 Å². The molecule has 0 saturated carbocycles. The Labute approximate surface area is 230 Å². The largest absolute Gasteiger partial charge is 0.382 e. The maximum absolute atomic E-state index is 12.6. The number of amides is 1. The van der Waals surface area contributed by atoms with E-state index in [-0.39, 0.29) is 5.57 Å². The minimum absolute atomic E-state index is 0.0504. The first-order chi connectivity index (χ1) is 19.1. The number of carbonyl (C=O) groups excluding carboxylic acids is 1. The lowest BCUT2D eigenvalue weighted by molar-refractivity contribution is -0.117. The third kappa shape index (κ3) is 7.70. The number of benzene rings is 2. The van der Waals surface area contributed by atoms with Crippen LogP contribution in [0.5, 0.6) is 0 Å². The van der Waals surface area contributed by atoms with E-state index in [0.717, 1.165) is 30.0 Å². The van der Waals surface area contributed by atoms with Gasteiger partial charge < -0.3 is 29.0 Å². The summed E-state index contributed by atoms with van der Waals surface area (Å²) in [5.41, 5.74) is 4.22. The topological polar surface area (TPSA) is 88.8 Å². The van der Waals surface area contributed by atoms with Gasteiger partial charge in [-0.05, 0) is 72.0 Å². The van der Waals surface area contributed by atoms with Crippen molar-refractivity contribution in [3.63, 3.8) is 0 Å². The molecule has 0 aliphatic carbocycles. The van der Waals surface area contributed by atoms with Gasteiger partial charge in [-0.2, -0.15) is 5.26 Å². The minimum Gasteiger partial charge on any atom is -0.382 e. The highest BCUT2D eigenvalue weighted by atomic mass is 16.5. The molecule has 1 aromatic heterocycles. The third-order valence-corrected chi connectivity index (χ3v) is 6.99. The zero-order valence-corrected chi connectivity index (χ0v) is 22.9. The summed E-state index contributed by atoms with van der Waals surface area (Å²) in [5.74, 6) is -0.421. The van der Waals surface area contributed by atoms with Crippen LogP contribution in [0.4, 0.5) is 5.69 Å². The molecule has 1 amide bonds. The van der Waals surface area contributed by atoms with Crippen LogP contribution in [0.15, 0.2) is 54.1 Å². The molecule has 0 atom stereocenters. The highest BCUT2D eigenvalue weighted by molar-refractivity contribution is 6.01. The number of nitrogens with zero attached hydrogens (tertiary/aromatic N) is 3. The van der Waals surface area contributed by atoms with E-state index in [0.29, 0.717) is 39.6 Å². The molecule has 0 spiro atoms. The Morgan fingerprint density at radius 3 is 2.44 bits per heavy atom. The summed E-state index contributed by atoms with van der Waals surface area (Å²) in [6.45, 7) is 4.88. The number of piperidine rings is 1. The third-order valence-electron chi connectivity index (χ3n) is 6.99. The van der Waals surface area contributed by atoms with Crippen LogP contribution in [0.3, 0.4) is 0 Å². The summed E-state index contributed by atoms with van der Waals surface area (Å²) in [5, 5.41) is 14.8. The van der Waals surface area contributed by atoms with E-state index in [2.05, 4.69) is 46.6 Å². The first-order valence-corrected chi connectivity index (χ1v) is 13.6. The summed E-state index contributed by atoms with van der Waals surface area (Å²) < 4.78 is 17.7. The summed E-state index contributed by atoms with van der Waals surface area (Å²) >= 11 is 0. The van der Waals surface area contributed by atoms with Crippen LogP contribution in [0.1, 0.15) is 25.0 Å². The quantitative estimate of drug-likeness (QED) is 0.198. The Morgan fingerprint density at radius 2 is 1.67 bits per heavy atom. The number of rotatable bonds is 13. The fraction of sp³-hybridized carbons (Fsp3) is 0.419. The fourth-order valence-electron chi connectivity index (χ4n) is 4.80. The van der Waals surface area contributed by atoms with Gasteiger partial charge >= 0.3 is 0 Å². The van der Waals surface area contributed by atoms with Gasteiger partial charge in [-0.15, -0.1) is 0 Å². The van der Waals surface area contributed by atoms with Crippen molar-refractivity contribution in [2.45, 2.75) is 19.3 Å². The average Bonchev–Trinajstić information content (AvgIpc) is 3.34. The molecule has 1 fully saturated rings. The summed E-state index contributed by atoms with van der Waals surface area (Å²) in [7, 11) is 3.57. The summed E-state index contributed by atoms with van der Waals surface area (Å²) in [6, 6.07) is 19.2. The first kappa shape index (κ1) is 28.4. The van der Waals surface area contributed by atoms with E-state index in [1.54, 1.807) is 13.2 Å². The number of hydrogen-bond acceptors (Lipinski definition) is 6. The maximum atomic E-state index is 12.6. The molecule has 8 heteroatoms. The normalized spacial score (nSPS) is 14.0. The number of methoxy groups -OCH3 is 1. The second-order valence-corrected chi connectivity index (χ2v) is 9.64. The SMILES string of the molecule is COCCOCCOCCNC(=O)/C(C#N)=C\c1ccc(-c2ccc3cc(N4CCCCC4)ccc3c2)n1C. The minimum atomic E-state index is -0.421. The zero-order valence-electron chi connectivity index (χ0n) is 22.9. The van der Waals surface area contributed by atoms with Gasteiger partial charge in [0.2, 0.25) is 0 Å². The van der Waals surface area contributed by atoms with E-state index in [1.807, 2.05) is 29.8 Å². The molecule has 4 rings (SSSR count). The van der Waals surface area contributed by atoms with Crippen molar-refractivity contribution in [2.75, 3.05) is 64.7 Å². The molecule has 0 unspecified atom stereocenters. The predicted octanol–water partition coefficient (Wildman–Crippen LogP) is 4.54. The molecular formula is C31H38N4O4. The van der Waals surface area contributed by atoms with Gasteiger partial charge in [0, 0.05) is 50.9 Å². The molecule has 2 heterocycles. The fourth-order valence-corrected chi connectivity index (χ4v) is 4.80. The van der Waals surface area contributed by atoms with E-state index >= 15 is 0 Å². The molecule has 206 valence electrons. The Morgan fingerprint density at radius 1 is 0.949 bits per heavy atom. The van der Waals surface area contributed by atoms with Crippen molar-refractivity contribution in [1.29, 1.82) is 5.26 Å². The van der Waals surface area contributed by atoms with Crippen LogP contribution in [-0.4, -0.2) is 70.3 Å². The zero-order chi connectivity index (χ0) is 27.5. The Bertz CT molecular complexity index is 1320. The highest BCUT2D eigenvalue weighted by Gasteiger charge is 2.14. The van der Waals surface area contributed by atoms with Gasteiger partial charge in [-0.3, -0.25) is 4.79 Å². The van der Waals surface area contributed by atoms with Gasteiger partial charge in [0.05, 0.1) is 33.0 Å². The van der Waals surface area contributed by atoms with Crippen LogP contribution in [0, 0.1) is 11.3 Å². The molecule has 39 heavy (non-hydrogen) atoms. The lowest BCUT2D eigenvalue weighted by Gasteiger charge is -2.29. The number of carbonyl (C=O) groups is 1. The average molecular weight is 531 g/mol. The van der Waals surface area contributed by atoms with Crippen LogP contribution in [0.25, 0.3) is 28.1 Å². The van der Waals surface area contributed by atoms with Gasteiger partial charge in [0.15, 0.2) is 0 Å². The van der Waals surface area contributed by atoms with Crippen LogP contribution in [-0.2, 0) is 26.1 Å². The summed E-state index contributed by atoms with van der Waals surface area (Å²) in [6.07, 6.45) is 5.46. The van der Waals surface area contributed by atoms with Gasteiger partial charge in [-0.1, -0.05) is 18.2 Å². The standard InChI is InChI=1S/C31H38N4O4/c1-34-28(22-27(23-32)31(36)33-12-15-38-18-19-39-17-16-37-2)10-11-30(34)26-7-6-25-21-29(9-8-24(25)20-26)35-13-4-3-5-14-35/h6-11,20-22H,3-5,12-19H2,1-2H3,(H,33,36)/b27-22-. The molecule has 1 aliphatic heterocycles. The van der Waals surface area contributed by atoms with Crippen molar-refractivity contribution in [2.24, 2.45) is 7.05 Å². The molecule has 0 radical (unpaired) electrons. The summed E-state index contributed by atoms with van der Waals surface area (Å²) in [4.78, 5) is 15.0. The number of hydrogen-bond donors (Lipinski definition) is 1. The first-order valence-electron chi connectivity index (χ1n) is 13.6. The molecular weight excluding hydrogens is 492 g/mol. The second-order valence-electron chi connectivity index (χ2n) is 9.64. The number of nitrogens with one attached hydrogen (secondary N) is 1. The van der Waals surface area contributed by atoms with Gasteiger partial charge in [0.25, 0.3) is 5.91 Å². The number of fused-ring (bicyclic) bond motifs is 1. The predicted molar refractivity (Wildman–Crippen MR) is 155 cm³/mol. The lowest BCUT2D eigenvalue weighted by Crippen LogP contribution is -2.29. The van der Waals surface area contributed by atoms with Crippen molar-refractivity contribution in [1.82, 2.24) is 9.88 Å². The highest BCUT2D eigenvalue weighted by Crippen LogP contribution is 2.30. The molecule has 0 bridgehead atoms. The molecule has 8 nitrogen and oxygen atoms in total. The smallest absolute Gasteiger partial charge is 0.262 e. The van der Waals surface area contributed by atoms with E-state index in [1.165, 1.54) is 35.7 Å². The van der Waals surface area contributed by atoms with Gasteiger partial charge in [-0.25, -0.2) is 0 Å². The van der Waals surface area contributed by atoms with E-state index in [4.69, 9.17) is 14.2 Å². The Balaban J connectivity index is 1.36. The molecule has 1 aliphatic rings. The van der Waals surface area contributed by atoms with Crippen LogP contribution in [0.2, 0.25) is 0 Å². The number of nitriles is 1. The Hall–Kier alpha value is -3.64. The van der Waals surface area contributed by atoms with Crippen molar-refractivity contribution >= 4 is 28.4 Å². The van der Waals surface area contributed by atoms with Crippen LogP contribution >= 0.6 is 0 Å². The van der Waals surface area contributed by atoms with Crippen molar-refractivity contribution < 1.29 is 19.0 Å². The van der Waals surface area contributed by atoms with Crippen molar-refractivity contribution in [3.05, 3.63) is 59.8 Å². The van der Waals surface area contributed by atoms with Crippen molar-refractivity contribution in [3.8, 4) is 17.3 Å². The maximum Gasteiger partial charge on any atom is 0.262 e. The molecule has 2 aromatic carbocycles. The molecule has 1 saturated heterocycles. The number of aromatic nitrogens is 1. The second kappa shape index (κ2) is 14.5. The number of anilines is 1.